The molecular formula is C32H32F3N5O4. The highest BCUT2D eigenvalue weighted by Crippen LogP contribution is 2.47. The van der Waals surface area contributed by atoms with Crippen molar-refractivity contribution in [3.05, 3.63) is 76.3 Å². The van der Waals surface area contributed by atoms with Crippen LogP contribution in [0, 0.1) is 26.3 Å². The van der Waals surface area contributed by atoms with Gasteiger partial charge in [0.25, 0.3) is 11.8 Å². The van der Waals surface area contributed by atoms with Crippen LogP contribution in [0.25, 0.3) is 15.7 Å². The molecule has 2 aliphatic rings. The zero-order valence-electron chi connectivity index (χ0n) is 25.0. The van der Waals surface area contributed by atoms with Crippen LogP contribution in [0.1, 0.15) is 53.9 Å². The van der Waals surface area contributed by atoms with Gasteiger partial charge >= 0.3 is 12.5 Å². The first-order chi connectivity index (χ1) is 20.6. The van der Waals surface area contributed by atoms with E-state index in [4.69, 9.17) is 6.57 Å². The van der Waals surface area contributed by atoms with Gasteiger partial charge in [0.2, 0.25) is 5.91 Å². The minimum absolute atomic E-state index is 0.0395. The lowest BCUT2D eigenvalue weighted by Crippen LogP contribution is -2.51. The molecule has 9 nitrogen and oxygen atoms in total. The number of aromatic nitrogens is 1. The molecule has 2 aliphatic heterocycles. The molecule has 1 fully saturated rings. The molecule has 0 aliphatic carbocycles. The highest BCUT2D eigenvalue weighted by Gasteiger charge is 2.59. The third kappa shape index (κ3) is 5.42. The Balaban J connectivity index is 1.51. The van der Waals surface area contributed by atoms with Crippen molar-refractivity contribution in [2.75, 3.05) is 18.9 Å². The number of amides is 3. The molecule has 5 rings (SSSR count). The van der Waals surface area contributed by atoms with Crippen molar-refractivity contribution in [3.8, 4) is 5.75 Å². The number of alkyl halides is 3. The van der Waals surface area contributed by atoms with Crippen LogP contribution in [0.3, 0.4) is 0 Å². The van der Waals surface area contributed by atoms with Crippen LogP contribution in [-0.2, 0) is 15.0 Å². The van der Waals surface area contributed by atoms with Gasteiger partial charge in [-0.15, -0.1) is 13.2 Å². The average Bonchev–Trinajstić information content (AvgIpc) is 3.48. The number of anilines is 1. The van der Waals surface area contributed by atoms with Crippen molar-refractivity contribution >= 4 is 34.3 Å². The average molecular weight is 608 g/mol. The first-order valence-corrected chi connectivity index (χ1v) is 14.2. The monoisotopic (exact) mass is 607 g/mol. The van der Waals surface area contributed by atoms with Crippen molar-refractivity contribution in [2.45, 2.75) is 64.5 Å². The van der Waals surface area contributed by atoms with Crippen LogP contribution in [0.2, 0.25) is 0 Å². The summed E-state index contributed by atoms with van der Waals surface area (Å²) >= 11 is 0. The fraction of sp³-hybridized carbons (Fsp3) is 0.406. The van der Waals surface area contributed by atoms with Crippen LogP contribution < -0.4 is 10.1 Å². The number of hydrogen-bond donors (Lipinski definition) is 1. The van der Waals surface area contributed by atoms with E-state index in [-0.39, 0.29) is 47.7 Å². The van der Waals surface area contributed by atoms with E-state index in [1.54, 1.807) is 38.1 Å². The quantitative estimate of drug-likeness (QED) is 0.368. The lowest BCUT2D eigenvalue weighted by atomic mass is 9.80. The van der Waals surface area contributed by atoms with E-state index in [1.807, 2.05) is 19.9 Å². The summed E-state index contributed by atoms with van der Waals surface area (Å²) in [6.07, 6.45) is -5.64. The zero-order chi connectivity index (χ0) is 32.1. The molecule has 3 amide bonds. The number of benzene rings is 2. The maximum atomic E-state index is 14.2. The minimum Gasteiger partial charge on any atom is -0.403 e. The van der Waals surface area contributed by atoms with E-state index in [0.29, 0.717) is 22.5 Å². The number of carbonyl (C=O) groups is 3. The SMILES string of the molecule is [C-]#[N+][C@@H]1C[C@@]2(CN1C(=O)[C@H](CC(C)C)N(C)C(=O)c1cc(OC(F)(F)F)c3nc(C)c(C)cc3c1)C(=O)Nc1ccccc12. The van der Waals surface area contributed by atoms with E-state index >= 15 is 0 Å². The molecular weight excluding hydrogens is 575 g/mol. The Morgan fingerprint density at radius 3 is 2.59 bits per heavy atom. The molecule has 230 valence electrons. The molecule has 12 heteroatoms. The number of likely N-dealkylation sites (tertiary alicyclic amines) is 1. The Kier molecular flexibility index (Phi) is 7.78. The van der Waals surface area contributed by atoms with Gasteiger partial charge in [-0.2, -0.15) is 0 Å². The smallest absolute Gasteiger partial charge is 0.403 e. The standard InChI is InChI=1S/C32H32F3N5O4/c1-17(2)11-24(29(42)40-16-31(15-26(40)36-5)22-9-7-8-10-23(22)38-30(31)43)39(6)28(41)21-13-20-12-18(3)19(4)37-27(20)25(14-21)44-32(33,34)35/h7-10,12-14,17,24,26H,11,15-16H2,1-4,6H3,(H,38,43)/t24-,26-,31-/m0/s1. The van der Waals surface area contributed by atoms with Crippen molar-refractivity contribution in [2.24, 2.45) is 5.92 Å². The van der Waals surface area contributed by atoms with Gasteiger partial charge in [0, 0.05) is 35.9 Å². The molecule has 0 saturated carbocycles. The number of pyridine rings is 1. The first-order valence-electron chi connectivity index (χ1n) is 14.2. The van der Waals surface area contributed by atoms with Gasteiger partial charge in [-0.05, 0) is 61.6 Å². The number of fused-ring (bicyclic) bond motifs is 3. The van der Waals surface area contributed by atoms with Crippen LogP contribution >= 0.6 is 0 Å². The highest BCUT2D eigenvalue weighted by molar-refractivity contribution is 6.07. The van der Waals surface area contributed by atoms with Crippen molar-refractivity contribution in [3.63, 3.8) is 0 Å². The Labute approximate surface area is 252 Å². The molecule has 44 heavy (non-hydrogen) atoms. The number of carbonyl (C=O) groups excluding carboxylic acids is 3. The molecule has 1 spiro atoms. The summed E-state index contributed by atoms with van der Waals surface area (Å²) in [5.74, 6) is -2.19. The molecule has 0 bridgehead atoms. The maximum absolute atomic E-state index is 14.2. The zero-order valence-corrected chi connectivity index (χ0v) is 25.0. The van der Waals surface area contributed by atoms with Crippen molar-refractivity contribution in [1.29, 1.82) is 0 Å². The fourth-order valence-corrected chi connectivity index (χ4v) is 6.14. The Morgan fingerprint density at radius 2 is 1.93 bits per heavy atom. The van der Waals surface area contributed by atoms with Gasteiger partial charge < -0.3 is 15.0 Å². The van der Waals surface area contributed by atoms with Gasteiger partial charge in [-0.3, -0.25) is 24.1 Å². The van der Waals surface area contributed by atoms with Crippen LogP contribution in [-0.4, -0.2) is 64.7 Å². The third-order valence-electron chi connectivity index (χ3n) is 8.46. The summed E-state index contributed by atoms with van der Waals surface area (Å²) in [6, 6.07) is 10.2. The Bertz CT molecular complexity index is 1720. The van der Waals surface area contributed by atoms with Gasteiger partial charge in [-0.1, -0.05) is 32.0 Å². The predicted octanol–water partition coefficient (Wildman–Crippen LogP) is 5.60. The topological polar surface area (TPSA) is 96.2 Å². The molecule has 2 aromatic carbocycles. The minimum atomic E-state index is -5.03. The van der Waals surface area contributed by atoms with E-state index < -0.39 is 41.5 Å². The normalized spacial score (nSPS) is 20.0. The molecule has 0 radical (unpaired) electrons. The summed E-state index contributed by atoms with van der Waals surface area (Å²) in [5, 5.41) is 3.14. The lowest BCUT2D eigenvalue weighted by Gasteiger charge is -2.32. The Morgan fingerprint density at radius 1 is 1.23 bits per heavy atom. The third-order valence-corrected chi connectivity index (χ3v) is 8.46. The van der Waals surface area contributed by atoms with Gasteiger partial charge in [0.05, 0.1) is 6.42 Å². The van der Waals surface area contributed by atoms with Crippen LogP contribution in [0.4, 0.5) is 18.9 Å². The molecule has 3 atom stereocenters. The summed E-state index contributed by atoms with van der Waals surface area (Å²) in [6.45, 7) is 15.0. The number of likely N-dealkylation sites (N-methyl/N-ethyl adjacent to an activating group) is 1. The predicted molar refractivity (Wildman–Crippen MR) is 157 cm³/mol. The number of nitrogens with zero attached hydrogens (tertiary/aromatic N) is 4. The summed E-state index contributed by atoms with van der Waals surface area (Å²) < 4.78 is 44.4. The second kappa shape index (κ2) is 11.1. The molecule has 1 saturated heterocycles. The maximum Gasteiger partial charge on any atom is 0.573 e. The largest absolute Gasteiger partial charge is 0.573 e. The van der Waals surface area contributed by atoms with E-state index in [1.165, 1.54) is 22.9 Å². The molecule has 3 heterocycles. The molecule has 3 aromatic rings. The molecule has 0 unspecified atom stereocenters. The van der Waals surface area contributed by atoms with Gasteiger partial charge in [0.1, 0.15) is 17.0 Å². The number of hydrogen-bond acceptors (Lipinski definition) is 5. The number of ether oxygens (including phenoxy) is 1. The number of aryl methyl sites for hydroxylation is 2. The highest BCUT2D eigenvalue weighted by atomic mass is 19.4. The summed E-state index contributed by atoms with van der Waals surface area (Å²) in [7, 11) is 1.41. The van der Waals surface area contributed by atoms with Crippen molar-refractivity contribution < 1.29 is 32.3 Å². The fourth-order valence-electron chi connectivity index (χ4n) is 6.14. The summed E-state index contributed by atoms with van der Waals surface area (Å²) in [4.78, 5) is 51.8. The Hall–Kier alpha value is -4.66. The summed E-state index contributed by atoms with van der Waals surface area (Å²) in [5.41, 5.74) is 1.32. The molecule has 1 N–H and O–H groups in total. The van der Waals surface area contributed by atoms with E-state index in [0.717, 1.165) is 6.07 Å². The van der Waals surface area contributed by atoms with Crippen LogP contribution in [0.15, 0.2) is 42.5 Å². The number of rotatable bonds is 6. The lowest BCUT2D eigenvalue weighted by molar-refractivity contribution is -0.274. The van der Waals surface area contributed by atoms with Crippen molar-refractivity contribution in [1.82, 2.24) is 14.8 Å². The van der Waals surface area contributed by atoms with Gasteiger partial charge in [-0.25, -0.2) is 11.6 Å². The second-order valence-corrected chi connectivity index (χ2v) is 11.9. The van der Waals surface area contributed by atoms with Crippen LogP contribution in [0.5, 0.6) is 5.75 Å². The molecule has 1 aromatic heterocycles. The second-order valence-electron chi connectivity index (χ2n) is 11.9. The first kappa shape index (κ1) is 30.8. The van der Waals surface area contributed by atoms with Gasteiger partial charge in [0.15, 0.2) is 5.75 Å². The number of halogens is 3. The van der Waals surface area contributed by atoms with E-state index in [2.05, 4.69) is 19.9 Å². The number of nitrogens with one attached hydrogen (secondary N) is 1. The number of para-hydroxylation sites is 1. The van der Waals surface area contributed by atoms with E-state index in [9.17, 15) is 27.6 Å².